The van der Waals surface area contributed by atoms with Crippen molar-refractivity contribution in [3.8, 4) is 33.8 Å². The second-order valence-electron chi connectivity index (χ2n) is 8.97. The number of carbonyl (C=O) groups excluding carboxylic acids is 1. The second kappa shape index (κ2) is 12.8. The molecule has 0 unspecified atom stereocenters. The van der Waals surface area contributed by atoms with Gasteiger partial charge in [0.25, 0.3) is 0 Å². The zero-order chi connectivity index (χ0) is 26.9. The molecule has 0 saturated heterocycles. The molecule has 4 aromatic carbocycles. The minimum absolute atomic E-state index is 0.0693. The summed E-state index contributed by atoms with van der Waals surface area (Å²) >= 11 is 0. The summed E-state index contributed by atoms with van der Waals surface area (Å²) in [5.41, 5.74) is 4.26. The van der Waals surface area contributed by atoms with Gasteiger partial charge in [0.2, 0.25) is 5.82 Å². The van der Waals surface area contributed by atoms with Crippen LogP contribution in [0.25, 0.3) is 22.3 Å². The summed E-state index contributed by atoms with van der Waals surface area (Å²) in [6.45, 7) is 3.91. The molecule has 0 amide bonds. The summed E-state index contributed by atoms with van der Waals surface area (Å²) in [4.78, 5) is 12.6. The van der Waals surface area contributed by atoms with Gasteiger partial charge in [-0.3, -0.25) is 0 Å². The molecule has 5 heteroatoms. The van der Waals surface area contributed by atoms with Gasteiger partial charge in [-0.15, -0.1) is 0 Å². The highest BCUT2D eigenvalue weighted by atomic mass is 19.2. The van der Waals surface area contributed by atoms with E-state index in [0.717, 1.165) is 17.5 Å². The lowest BCUT2D eigenvalue weighted by atomic mass is 10.0. The van der Waals surface area contributed by atoms with Crippen LogP contribution in [0.1, 0.15) is 49.0 Å². The van der Waals surface area contributed by atoms with E-state index in [1.54, 1.807) is 37.3 Å². The van der Waals surface area contributed by atoms with E-state index in [0.29, 0.717) is 16.9 Å². The number of allylic oxidation sites excluding steroid dienone is 1. The minimum atomic E-state index is -1.07. The van der Waals surface area contributed by atoms with Crippen LogP contribution in [0.3, 0.4) is 0 Å². The first kappa shape index (κ1) is 26.8. The molecule has 0 aliphatic heterocycles. The van der Waals surface area contributed by atoms with E-state index < -0.39 is 17.6 Å². The van der Waals surface area contributed by atoms with Gasteiger partial charge in [0.1, 0.15) is 5.75 Å². The van der Waals surface area contributed by atoms with Gasteiger partial charge in [-0.1, -0.05) is 74.4 Å². The molecule has 0 saturated carbocycles. The van der Waals surface area contributed by atoms with Crippen molar-refractivity contribution in [2.24, 2.45) is 0 Å². The summed E-state index contributed by atoms with van der Waals surface area (Å²) in [5.74, 6) is -2.41. The van der Waals surface area contributed by atoms with Crippen LogP contribution in [0.4, 0.5) is 8.78 Å². The highest BCUT2D eigenvalue weighted by molar-refractivity contribution is 5.91. The lowest BCUT2D eigenvalue weighted by Gasteiger charge is -2.09. The maximum Gasteiger partial charge on any atom is 0.343 e. The molecule has 0 radical (unpaired) electrons. The van der Waals surface area contributed by atoms with E-state index in [-0.39, 0.29) is 11.3 Å². The Kier molecular flexibility index (Phi) is 9.04. The average Bonchev–Trinajstić information content (AvgIpc) is 2.95. The van der Waals surface area contributed by atoms with Gasteiger partial charge in [-0.05, 0) is 78.4 Å². The molecule has 0 spiro atoms. The molecule has 194 valence electrons. The number of unbranched alkanes of at least 4 members (excludes halogenated alkanes) is 2. The topological polar surface area (TPSA) is 35.5 Å². The Morgan fingerprint density at radius 2 is 1.39 bits per heavy atom. The van der Waals surface area contributed by atoms with Crippen LogP contribution in [0.15, 0.2) is 97.3 Å². The Morgan fingerprint density at radius 1 is 0.763 bits per heavy atom. The van der Waals surface area contributed by atoms with Crippen molar-refractivity contribution in [3.05, 3.63) is 120 Å². The summed E-state index contributed by atoms with van der Waals surface area (Å²) in [5, 5.41) is 0. The SMILES string of the molecule is CC=COc1ccc(-c2ccc(C(=O)Oc3ccc(-c4ccc(CCCCC)cc4)cc3)cc2)c(F)c1F. The van der Waals surface area contributed by atoms with Crippen LogP contribution in [0, 0.1) is 11.6 Å². The number of hydrogen-bond donors (Lipinski definition) is 0. The molecular formula is C33H30F2O3. The molecule has 0 fully saturated rings. The maximum absolute atomic E-state index is 14.6. The van der Waals surface area contributed by atoms with Crippen molar-refractivity contribution in [2.45, 2.75) is 39.5 Å². The van der Waals surface area contributed by atoms with Gasteiger partial charge in [-0.2, -0.15) is 4.39 Å². The Hall–Kier alpha value is -4.25. The molecule has 0 aliphatic rings. The summed E-state index contributed by atoms with van der Waals surface area (Å²) < 4.78 is 39.5. The molecular weight excluding hydrogens is 482 g/mol. The van der Waals surface area contributed by atoms with Gasteiger partial charge in [0.05, 0.1) is 11.8 Å². The zero-order valence-electron chi connectivity index (χ0n) is 21.5. The molecule has 0 aromatic heterocycles. The van der Waals surface area contributed by atoms with Crippen molar-refractivity contribution >= 4 is 5.97 Å². The first-order valence-electron chi connectivity index (χ1n) is 12.8. The van der Waals surface area contributed by atoms with E-state index >= 15 is 0 Å². The standard InChI is InChI=1S/C33H30F2O3/c1-3-5-6-7-23-8-10-24(11-9-23)25-16-18-28(19-17-25)38-33(36)27-14-12-26(13-15-27)29-20-21-30(37-22-4-2)32(35)31(29)34/h4,8-22H,3,5-7H2,1-2H3. The number of halogens is 2. The molecule has 0 aliphatic carbocycles. The third-order valence-corrected chi connectivity index (χ3v) is 6.23. The number of rotatable bonds is 10. The molecule has 4 aromatic rings. The van der Waals surface area contributed by atoms with E-state index in [1.807, 2.05) is 12.1 Å². The molecule has 0 atom stereocenters. The van der Waals surface area contributed by atoms with Crippen molar-refractivity contribution < 1.29 is 23.0 Å². The Balaban J connectivity index is 1.39. The Labute approximate surface area is 222 Å². The lowest BCUT2D eigenvalue weighted by Crippen LogP contribution is -2.08. The Morgan fingerprint density at radius 3 is 2.03 bits per heavy atom. The average molecular weight is 513 g/mol. The van der Waals surface area contributed by atoms with Crippen LogP contribution < -0.4 is 9.47 Å². The fraction of sp³-hybridized carbons (Fsp3) is 0.182. The van der Waals surface area contributed by atoms with Gasteiger partial charge < -0.3 is 9.47 Å². The third-order valence-electron chi connectivity index (χ3n) is 6.23. The monoisotopic (exact) mass is 512 g/mol. The number of carbonyl (C=O) groups is 1. The number of benzene rings is 4. The number of aryl methyl sites for hydroxylation is 1. The van der Waals surface area contributed by atoms with Crippen LogP contribution in [0.2, 0.25) is 0 Å². The van der Waals surface area contributed by atoms with Crippen molar-refractivity contribution in [2.75, 3.05) is 0 Å². The maximum atomic E-state index is 14.6. The van der Waals surface area contributed by atoms with Crippen LogP contribution >= 0.6 is 0 Å². The van der Waals surface area contributed by atoms with Gasteiger partial charge in [0, 0.05) is 5.56 Å². The highest BCUT2D eigenvalue weighted by Gasteiger charge is 2.16. The predicted molar refractivity (Wildman–Crippen MR) is 147 cm³/mol. The minimum Gasteiger partial charge on any atom is -0.462 e. The second-order valence-corrected chi connectivity index (χ2v) is 8.97. The third kappa shape index (κ3) is 6.54. The van der Waals surface area contributed by atoms with Gasteiger partial charge in [-0.25, -0.2) is 9.18 Å². The lowest BCUT2D eigenvalue weighted by molar-refractivity contribution is 0.0735. The molecule has 0 N–H and O–H groups in total. The fourth-order valence-corrected chi connectivity index (χ4v) is 4.10. The number of hydrogen-bond acceptors (Lipinski definition) is 3. The number of ether oxygens (including phenoxy) is 2. The molecule has 3 nitrogen and oxygen atoms in total. The number of esters is 1. The van der Waals surface area contributed by atoms with E-state index in [9.17, 15) is 13.6 Å². The van der Waals surface area contributed by atoms with Crippen molar-refractivity contribution in [1.82, 2.24) is 0 Å². The fourth-order valence-electron chi connectivity index (χ4n) is 4.10. The largest absolute Gasteiger partial charge is 0.462 e. The van der Waals surface area contributed by atoms with Crippen molar-refractivity contribution in [3.63, 3.8) is 0 Å². The predicted octanol–water partition coefficient (Wildman–Crippen LogP) is 9.16. The molecule has 0 bridgehead atoms. The molecule has 38 heavy (non-hydrogen) atoms. The van der Waals surface area contributed by atoms with Crippen LogP contribution in [0.5, 0.6) is 11.5 Å². The highest BCUT2D eigenvalue weighted by Crippen LogP contribution is 2.30. The normalized spacial score (nSPS) is 11.1. The first-order chi connectivity index (χ1) is 18.5. The molecule has 0 heterocycles. The quantitative estimate of drug-likeness (QED) is 0.0920. The van der Waals surface area contributed by atoms with Crippen LogP contribution in [-0.4, -0.2) is 5.97 Å². The first-order valence-corrected chi connectivity index (χ1v) is 12.8. The Bertz CT molecular complexity index is 1390. The van der Waals surface area contributed by atoms with Crippen molar-refractivity contribution in [1.29, 1.82) is 0 Å². The van der Waals surface area contributed by atoms with E-state index in [2.05, 4.69) is 31.2 Å². The summed E-state index contributed by atoms with van der Waals surface area (Å²) in [6.07, 6.45) is 7.60. The van der Waals surface area contributed by atoms with Gasteiger partial charge in [0.15, 0.2) is 11.6 Å². The zero-order valence-corrected chi connectivity index (χ0v) is 21.5. The summed E-state index contributed by atoms with van der Waals surface area (Å²) in [6, 6.07) is 24.8. The van der Waals surface area contributed by atoms with E-state index in [4.69, 9.17) is 9.47 Å². The van der Waals surface area contributed by atoms with E-state index in [1.165, 1.54) is 55.4 Å². The smallest absolute Gasteiger partial charge is 0.343 e. The van der Waals surface area contributed by atoms with Gasteiger partial charge >= 0.3 is 5.97 Å². The summed E-state index contributed by atoms with van der Waals surface area (Å²) in [7, 11) is 0. The van der Waals surface area contributed by atoms with Crippen LogP contribution in [-0.2, 0) is 6.42 Å². The molecule has 4 rings (SSSR count).